The number of rotatable bonds is 6. The van der Waals surface area contributed by atoms with Crippen LogP contribution in [0.4, 0.5) is 5.69 Å². The highest BCUT2D eigenvalue weighted by molar-refractivity contribution is 7.80. The Balaban J connectivity index is 1.43. The molecule has 0 saturated heterocycles. The minimum absolute atomic E-state index is 0.0125. The van der Waals surface area contributed by atoms with Crippen molar-refractivity contribution in [1.82, 2.24) is 16.2 Å². The molecule has 0 aliphatic heterocycles. The third-order valence-corrected chi connectivity index (χ3v) is 5.19. The Morgan fingerprint density at radius 3 is 2.38 bits per heavy atom. The molecule has 0 radical (unpaired) electrons. The molecule has 4 N–H and O–H groups in total. The number of hydrazine groups is 1. The zero-order valence-corrected chi connectivity index (χ0v) is 19.2. The molecule has 2 aromatic carbocycles. The number of benzene rings is 2. The van der Waals surface area contributed by atoms with E-state index in [1.54, 1.807) is 36.4 Å². The van der Waals surface area contributed by atoms with Gasteiger partial charge in [-0.25, -0.2) is 0 Å². The van der Waals surface area contributed by atoms with Crippen LogP contribution < -0.4 is 26.2 Å². The molecule has 3 rings (SSSR count). The summed E-state index contributed by atoms with van der Waals surface area (Å²) in [6, 6.07) is 11.0. The van der Waals surface area contributed by atoms with E-state index in [4.69, 9.17) is 40.2 Å². The standard InChI is InChI=1S/C21H20Cl2N4O4S/c1-11(31-17-9-6-14(22)10-16(17)23)18(28)25-21(32)27-26-20(30)13-4-7-15(8-5-13)24-19(29)12-2-3-12/h4-12H,2-3H2,1H3,(H,24,29)(H,26,30)(H2,25,27,28,32). The van der Waals surface area contributed by atoms with Gasteiger partial charge in [0.2, 0.25) is 5.91 Å². The maximum atomic E-state index is 12.2. The van der Waals surface area contributed by atoms with E-state index in [0.717, 1.165) is 12.8 Å². The molecule has 1 fully saturated rings. The van der Waals surface area contributed by atoms with Gasteiger partial charge in [0.05, 0.1) is 5.02 Å². The first-order valence-electron chi connectivity index (χ1n) is 9.66. The van der Waals surface area contributed by atoms with Crippen LogP contribution in [-0.4, -0.2) is 28.9 Å². The van der Waals surface area contributed by atoms with Gasteiger partial charge in [-0.15, -0.1) is 0 Å². The predicted octanol–water partition coefficient (Wildman–Crippen LogP) is 3.44. The number of amides is 3. The van der Waals surface area contributed by atoms with Gasteiger partial charge in [-0.3, -0.25) is 30.6 Å². The lowest BCUT2D eigenvalue weighted by molar-refractivity contribution is -0.125. The fraction of sp³-hybridized carbons (Fsp3) is 0.238. The lowest BCUT2D eigenvalue weighted by Crippen LogP contribution is -2.51. The van der Waals surface area contributed by atoms with E-state index in [0.29, 0.717) is 22.0 Å². The summed E-state index contributed by atoms with van der Waals surface area (Å²) in [4.78, 5) is 36.3. The molecular formula is C21H20Cl2N4O4S. The van der Waals surface area contributed by atoms with Crippen LogP contribution in [0, 0.1) is 5.92 Å². The smallest absolute Gasteiger partial charge is 0.269 e. The zero-order valence-electron chi connectivity index (χ0n) is 16.9. The molecule has 1 aliphatic carbocycles. The number of hydrogen-bond donors (Lipinski definition) is 4. The molecule has 8 nitrogen and oxygen atoms in total. The second-order valence-corrected chi connectivity index (χ2v) is 8.33. The molecule has 0 bridgehead atoms. The molecule has 0 spiro atoms. The van der Waals surface area contributed by atoms with Gasteiger partial charge in [0, 0.05) is 22.2 Å². The van der Waals surface area contributed by atoms with E-state index in [1.807, 2.05) is 0 Å². The second-order valence-electron chi connectivity index (χ2n) is 7.07. The number of hydrogen-bond acceptors (Lipinski definition) is 5. The van der Waals surface area contributed by atoms with Crippen LogP contribution in [0.25, 0.3) is 0 Å². The van der Waals surface area contributed by atoms with Gasteiger partial charge in [-0.05, 0) is 74.4 Å². The lowest BCUT2D eigenvalue weighted by Gasteiger charge is -2.17. The van der Waals surface area contributed by atoms with Crippen molar-refractivity contribution in [3.8, 4) is 5.75 Å². The average molecular weight is 495 g/mol. The number of anilines is 1. The Morgan fingerprint density at radius 1 is 1.06 bits per heavy atom. The van der Waals surface area contributed by atoms with E-state index < -0.39 is 17.9 Å². The van der Waals surface area contributed by atoms with E-state index >= 15 is 0 Å². The molecule has 32 heavy (non-hydrogen) atoms. The largest absolute Gasteiger partial charge is 0.479 e. The van der Waals surface area contributed by atoms with Crippen molar-refractivity contribution in [2.24, 2.45) is 5.92 Å². The maximum Gasteiger partial charge on any atom is 0.269 e. The number of nitrogens with one attached hydrogen (secondary N) is 4. The molecule has 0 aromatic heterocycles. The predicted molar refractivity (Wildman–Crippen MR) is 126 cm³/mol. The Kier molecular flexibility index (Phi) is 7.89. The molecule has 1 atom stereocenters. The minimum atomic E-state index is -0.914. The Hall–Kier alpha value is -2.88. The Bertz CT molecular complexity index is 1040. The van der Waals surface area contributed by atoms with E-state index in [-0.39, 0.29) is 22.0 Å². The van der Waals surface area contributed by atoms with Crippen molar-refractivity contribution in [3.05, 3.63) is 58.1 Å². The van der Waals surface area contributed by atoms with Crippen molar-refractivity contribution in [2.45, 2.75) is 25.9 Å². The van der Waals surface area contributed by atoms with E-state index in [9.17, 15) is 14.4 Å². The topological polar surface area (TPSA) is 109 Å². The second kappa shape index (κ2) is 10.6. The summed E-state index contributed by atoms with van der Waals surface area (Å²) < 4.78 is 5.51. The molecule has 3 amide bonds. The summed E-state index contributed by atoms with van der Waals surface area (Å²) in [5, 5.41) is 5.80. The van der Waals surface area contributed by atoms with Crippen LogP contribution in [0.1, 0.15) is 30.1 Å². The zero-order chi connectivity index (χ0) is 23.3. The molecule has 1 aliphatic rings. The first-order valence-corrected chi connectivity index (χ1v) is 10.8. The number of carbonyl (C=O) groups is 3. The molecule has 168 valence electrons. The number of carbonyl (C=O) groups excluding carboxylic acids is 3. The molecule has 11 heteroatoms. The maximum absolute atomic E-state index is 12.2. The van der Waals surface area contributed by atoms with Crippen molar-refractivity contribution >= 4 is 63.9 Å². The van der Waals surface area contributed by atoms with Crippen LogP contribution >= 0.6 is 35.4 Å². The van der Waals surface area contributed by atoms with Crippen LogP contribution in [0.2, 0.25) is 10.0 Å². The summed E-state index contributed by atoms with van der Waals surface area (Å²) >= 11 is 16.9. The molecular weight excluding hydrogens is 475 g/mol. The summed E-state index contributed by atoms with van der Waals surface area (Å²) in [6.45, 7) is 1.52. The van der Waals surface area contributed by atoms with E-state index in [2.05, 4.69) is 21.5 Å². The van der Waals surface area contributed by atoms with Gasteiger partial charge in [0.1, 0.15) is 5.75 Å². The number of ether oxygens (including phenoxy) is 1. The highest BCUT2D eigenvalue weighted by atomic mass is 35.5. The normalized spacial score (nSPS) is 13.5. The monoisotopic (exact) mass is 494 g/mol. The summed E-state index contributed by atoms with van der Waals surface area (Å²) in [5.74, 6) is -0.642. The number of halogens is 2. The quantitative estimate of drug-likeness (QED) is 0.361. The molecule has 1 saturated carbocycles. The first-order chi connectivity index (χ1) is 15.2. The van der Waals surface area contributed by atoms with Crippen molar-refractivity contribution in [2.75, 3.05) is 5.32 Å². The van der Waals surface area contributed by atoms with Gasteiger partial charge in [0.25, 0.3) is 11.8 Å². The average Bonchev–Trinajstić information content (AvgIpc) is 3.60. The van der Waals surface area contributed by atoms with Crippen LogP contribution in [-0.2, 0) is 9.59 Å². The third-order valence-electron chi connectivity index (χ3n) is 4.46. The number of thiocarbonyl (C=S) groups is 1. The fourth-order valence-electron chi connectivity index (χ4n) is 2.54. The van der Waals surface area contributed by atoms with Gasteiger partial charge >= 0.3 is 0 Å². The Labute approximate surface area is 200 Å². The third kappa shape index (κ3) is 6.81. The van der Waals surface area contributed by atoms with Crippen molar-refractivity contribution < 1.29 is 19.1 Å². The van der Waals surface area contributed by atoms with E-state index in [1.165, 1.54) is 13.0 Å². The van der Waals surface area contributed by atoms with Crippen LogP contribution in [0.15, 0.2) is 42.5 Å². The molecule has 0 heterocycles. The minimum Gasteiger partial charge on any atom is -0.479 e. The highest BCUT2D eigenvalue weighted by Crippen LogP contribution is 2.30. The highest BCUT2D eigenvalue weighted by Gasteiger charge is 2.29. The summed E-state index contributed by atoms with van der Waals surface area (Å²) in [6.07, 6.45) is 0.908. The van der Waals surface area contributed by atoms with Gasteiger partial charge in [0.15, 0.2) is 11.2 Å². The molecule has 2 aromatic rings. The first kappa shape index (κ1) is 23.8. The van der Waals surface area contributed by atoms with Gasteiger partial charge in [-0.1, -0.05) is 23.2 Å². The molecule has 1 unspecified atom stereocenters. The summed E-state index contributed by atoms with van der Waals surface area (Å²) in [7, 11) is 0. The van der Waals surface area contributed by atoms with Gasteiger partial charge in [-0.2, -0.15) is 0 Å². The lowest BCUT2D eigenvalue weighted by atomic mass is 10.2. The SMILES string of the molecule is CC(Oc1ccc(Cl)cc1Cl)C(=O)NC(=S)NNC(=O)c1ccc(NC(=O)C2CC2)cc1. The van der Waals surface area contributed by atoms with Crippen LogP contribution in [0.3, 0.4) is 0 Å². The fourth-order valence-corrected chi connectivity index (χ4v) is 3.14. The van der Waals surface area contributed by atoms with Crippen molar-refractivity contribution in [1.29, 1.82) is 0 Å². The van der Waals surface area contributed by atoms with Crippen molar-refractivity contribution in [3.63, 3.8) is 0 Å². The van der Waals surface area contributed by atoms with Crippen LogP contribution in [0.5, 0.6) is 5.75 Å². The van der Waals surface area contributed by atoms with Gasteiger partial charge < -0.3 is 10.1 Å². The Morgan fingerprint density at radius 2 is 1.75 bits per heavy atom. The summed E-state index contributed by atoms with van der Waals surface area (Å²) in [5.41, 5.74) is 5.79.